The number of nitrogens with zero attached hydrogens (tertiary/aromatic N) is 4. The van der Waals surface area contributed by atoms with Crippen molar-refractivity contribution in [2.24, 2.45) is 0 Å². The highest BCUT2D eigenvalue weighted by Crippen LogP contribution is 2.34. The van der Waals surface area contributed by atoms with Crippen molar-refractivity contribution >= 4 is 16.5 Å². The van der Waals surface area contributed by atoms with Gasteiger partial charge in [0.15, 0.2) is 5.01 Å². The third-order valence-corrected chi connectivity index (χ3v) is 5.35. The van der Waals surface area contributed by atoms with Gasteiger partial charge in [0.25, 0.3) is 0 Å². The van der Waals surface area contributed by atoms with Gasteiger partial charge in [0.2, 0.25) is 5.13 Å². The van der Waals surface area contributed by atoms with Crippen molar-refractivity contribution in [1.82, 2.24) is 15.2 Å². The Labute approximate surface area is 145 Å². The summed E-state index contributed by atoms with van der Waals surface area (Å²) in [7, 11) is 1.70. The quantitative estimate of drug-likeness (QED) is 0.727. The minimum absolute atomic E-state index is 0.526. The Hall–Kier alpha value is -2.47. The first-order valence-corrected chi connectivity index (χ1v) is 8.79. The summed E-state index contributed by atoms with van der Waals surface area (Å²) in [6.45, 7) is 1.98. The summed E-state index contributed by atoms with van der Waals surface area (Å²) in [5, 5.41) is 10.5. The molecule has 0 saturated carbocycles. The Morgan fingerprint density at radius 1 is 1.12 bits per heavy atom. The highest BCUT2D eigenvalue weighted by molar-refractivity contribution is 7.18. The third-order valence-electron chi connectivity index (χ3n) is 4.34. The smallest absolute Gasteiger partial charge is 0.208 e. The van der Waals surface area contributed by atoms with Crippen LogP contribution in [-0.4, -0.2) is 35.4 Å². The molecule has 24 heavy (non-hydrogen) atoms. The molecule has 0 unspecified atom stereocenters. The van der Waals surface area contributed by atoms with Gasteiger partial charge in [-0.1, -0.05) is 29.5 Å². The normalized spacial score (nSPS) is 17.2. The summed E-state index contributed by atoms with van der Waals surface area (Å²) >= 11 is 1.61. The molecule has 1 aliphatic heterocycles. The van der Waals surface area contributed by atoms with Gasteiger partial charge in [0.1, 0.15) is 11.4 Å². The zero-order valence-electron chi connectivity index (χ0n) is 13.4. The van der Waals surface area contributed by atoms with Crippen LogP contribution in [0.15, 0.2) is 48.7 Å². The highest BCUT2D eigenvalue weighted by atomic mass is 32.1. The van der Waals surface area contributed by atoms with E-state index < -0.39 is 0 Å². The van der Waals surface area contributed by atoms with Crippen molar-refractivity contribution in [2.75, 3.05) is 25.1 Å². The predicted octanol–water partition coefficient (Wildman–Crippen LogP) is 3.60. The zero-order chi connectivity index (χ0) is 16.4. The van der Waals surface area contributed by atoms with Gasteiger partial charge in [-0.3, -0.25) is 4.98 Å². The fourth-order valence-electron chi connectivity index (χ4n) is 3.02. The van der Waals surface area contributed by atoms with Crippen molar-refractivity contribution in [3.8, 4) is 16.5 Å². The summed E-state index contributed by atoms with van der Waals surface area (Å²) in [6, 6.07) is 14.2. The molecule has 0 radical (unpaired) electrons. The predicted molar refractivity (Wildman–Crippen MR) is 95.7 cm³/mol. The number of hydrogen-bond donors (Lipinski definition) is 0. The summed E-state index contributed by atoms with van der Waals surface area (Å²) in [5.74, 6) is 1.43. The Morgan fingerprint density at radius 3 is 2.75 bits per heavy atom. The SMILES string of the molecule is COc1ccc([C@H]2CCN(c3nnc(-c4ccccn4)s3)C2)cc1. The summed E-state index contributed by atoms with van der Waals surface area (Å²) in [4.78, 5) is 6.66. The van der Waals surface area contributed by atoms with E-state index in [-0.39, 0.29) is 0 Å². The lowest BCUT2D eigenvalue weighted by molar-refractivity contribution is 0.414. The summed E-state index contributed by atoms with van der Waals surface area (Å²) in [5.41, 5.74) is 2.24. The van der Waals surface area contributed by atoms with Gasteiger partial charge in [0, 0.05) is 25.2 Å². The maximum Gasteiger partial charge on any atom is 0.208 e. The van der Waals surface area contributed by atoms with Crippen LogP contribution < -0.4 is 9.64 Å². The monoisotopic (exact) mass is 338 g/mol. The molecule has 4 rings (SSSR count). The summed E-state index contributed by atoms with van der Waals surface area (Å²) < 4.78 is 5.23. The van der Waals surface area contributed by atoms with E-state index >= 15 is 0 Å². The van der Waals surface area contributed by atoms with Crippen molar-refractivity contribution < 1.29 is 4.74 Å². The number of anilines is 1. The molecule has 0 spiro atoms. The third kappa shape index (κ3) is 2.97. The lowest BCUT2D eigenvalue weighted by Crippen LogP contribution is -2.18. The van der Waals surface area contributed by atoms with Gasteiger partial charge in [-0.2, -0.15) is 0 Å². The lowest BCUT2D eigenvalue weighted by Gasteiger charge is -2.14. The molecule has 1 fully saturated rings. The maximum atomic E-state index is 5.23. The van der Waals surface area contributed by atoms with E-state index in [4.69, 9.17) is 4.74 Å². The van der Waals surface area contributed by atoms with E-state index in [2.05, 4.69) is 32.2 Å². The number of hydrogen-bond acceptors (Lipinski definition) is 6. The first-order chi connectivity index (χ1) is 11.8. The molecule has 0 aliphatic carbocycles. The van der Waals surface area contributed by atoms with Crippen LogP contribution in [0.1, 0.15) is 17.9 Å². The summed E-state index contributed by atoms with van der Waals surface area (Å²) in [6.07, 6.45) is 2.91. The fraction of sp³-hybridized carbons (Fsp3) is 0.278. The molecule has 3 aromatic rings. The van der Waals surface area contributed by atoms with Gasteiger partial charge >= 0.3 is 0 Å². The molecule has 1 saturated heterocycles. The van der Waals surface area contributed by atoms with E-state index in [9.17, 15) is 0 Å². The van der Waals surface area contributed by atoms with Gasteiger partial charge < -0.3 is 9.64 Å². The second-order valence-electron chi connectivity index (χ2n) is 5.81. The molecular weight excluding hydrogens is 320 g/mol. The number of ether oxygens (including phenoxy) is 1. The van der Waals surface area contributed by atoms with Crippen molar-refractivity contribution in [1.29, 1.82) is 0 Å². The molecule has 1 aromatic carbocycles. The standard InChI is InChI=1S/C18H18N4OS/c1-23-15-7-5-13(6-8-15)14-9-11-22(12-14)18-21-20-17(24-18)16-4-2-3-10-19-16/h2-8,10,14H,9,11-12H2,1H3/t14-/m0/s1. The van der Waals surface area contributed by atoms with Crippen LogP contribution in [0, 0.1) is 0 Å². The van der Waals surface area contributed by atoms with Crippen LogP contribution in [0.2, 0.25) is 0 Å². The highest BCUT2D eigenvalue weighted by Gasteiger charge is 2.26. The molecule has 2 aromatic heterocycles. The minimum Gasteiger partial charge on any atom is -0.497 e. The van der Waals surface area contributed by atoms with Crippen molar-refractivity contribution in [3.05, 3.63) is 54.2 Å². The van der Waals surface area contributed by atoms with Crippen LogP contribution in [0.3, 0.4) is 0 Å². The Kier molecular flexibility index (Phi) is 4.13. The number of methoxy groups -OCH3 is 1. The number of benzene rings is 1. The van der Waals surface area contributed by atoms with E-state index in [1.165, 1.54) is 5.56 Å². The molecule has 0 N–H and O–H groups in total. The van der Waals surface area contributed by atoms with Crippen LogP contribution in [0.4, 0.5) is 5.13 Å². The van der Waals surface area contributed by atoms with E-state index in [1.807, 2.05) is 30.3 Å². The first kappa shape index (κ1) is 15.1. The number of pyridine rings is 1. The molecule has 122 valence electrons. The molecule has 3 heterocycles. The molecule has 5 nitrogen and oxygen atoms in total. The first-order valence-electron chi connectivity index (χ1n) is 7.97. The molecule has 0 amide bonds. The van der Waals surface area contributed by atoms with E-state index in [1.54, 1.807) is 24.6 Å². The average Bonchev–Trinajstić information content (AvgIpc) is 3.32. The maximum absolute atomic E-state index is 5.23. The van der Waals surface area contributed by atoms with E-state index in [0.717, 1.165) is 41.1 Å². The fourth-order valence-corrected chi connectivity index (χ4v) is 3.87. The second kappa shape index (κ2) is 6.57. The lowest BCUT2D eigenvalue weighted by atomic mass is 9.98. The Balaban J connectivity index is 1.47. The zero-order valence-corrected chi connectivity index (χ0v) is 14.2. The van der Waals surface area contributed by atoms with Crippen LogP contribution in [0.5, 0.6) is 5.75 Å². The minimum atomic E-state index is 0.526. The van der Waals surface area contributed by atoms with Gasteiger partial charge in [-0.15, -0.1) is 10.2 Å². The van der Waals surface area contributed by atoms with Gasteiger partial charge in [-0.05, 0) is 36.2 Å². The molecule has 6 heteroatoms. The Morgan fingerprint density at radius 2 is 2.00 bits per heavy atom. The Bertz CT molecular complexity index is 803. The van der Waals surface area contributed by atoms with Crippen LogP contribution in [0.25, 0.3) is 10.7 Å². The molecule has 1 atom stereocenters. The number of aromatic nitrogens is 3. The van der Waals surface area contributed by atoms with Crippen molar-refractivity contribution in [2.45, 2.75) is 12.3 Å². The second-order valence-corrected chi connectivity index (χ2v) is 6.77. The van der Waals surface area contributed by atoms with Crippen LogP contribution >= 0.6 is 11.3 Å². The van der Waals surface area contributed by atoms with Gasteiger partial charge in [-0.25, -0.2) is 0 Å². The molecular formula is C18H18N4OS. The van der Waals surface area contributed by atoms with Gasteiger partial charge in [0.05, 0.1) is 7.11 Å². The largest absolute Gasteiger partial charge is 0.497 e. The van der Waals surface area contributed by atoms with Crippen LogP contribution in [-0.2, 0) is 0 Å². The molecule has 1 aliphatic rings. The van der Waals surface area contributed by atoms with Crippen molar-refractivity contribution in [3.63, 3.8) is 0 Å². The van der Waals surface area contributed by atoms with E-state index in [0.29, 0.717) is 5.92 Å². The molecule has 0 bridgehead atoms. The average molecular weight is 338 g/mol. The topological polar surface area (TPSA) is 51.1 Å². The number of rotatable bonds is 4.